The van der Waals surface area contributed by atoms with Crippen LogP contribution < -0.4 is 10.1 Å². The molecule has 0 spiro atoms. The van der Waals surface area contributed by atoms with Crippen LogP contribution in [0.25, 0.3) is 0 Å². The highest BCUT2D eigenvalue weighted by atomic mass is 32.2. The van der Waals surface area contributed by atoms with Crippen molar-refractivity contribution in [2.24, 2.45) is 0 Å². The van der Waals surface area contributed by atoms with E-state index in [1.807, 2.05) is 31.2 Å². The molecule has 1 N–H and O–H groups in total. The van der Waals surface area contributed by atoms with E-state index in [0.29, 0.717) is 17.5 Å². The molecule has 8 heteroatoms. The number of amides is 1. The molecular formula is C21H21FN4O2S. The number of carbonyl (C=O) groups excluding carboxylic acids is 1. The number of rotatable bonds is 9. The van der Waals surface area contributed by atoms with Crippen LogP contribution in [0.3, 0.4) is 0 Å². The number of halogens is 1. The molecule has 1 aromatic heterocycles. The maximum absolute atomic E-state index is 13.7. The molecule has 0 aliphatic carbocycles. The van der Waals surface area contributed by atoms with Crippen molar-refractivity contribution in [3.8, 4) is 5.75 Å². The van der Waals surface area contributed by atoms with Gasteiger partial charge in [0, 0.05) is 12.2 Å². The van der Waals surface area contributed by atoms with Crippen LogP contribution >= 0.6 is 11.8 Å². The number of aromatic nitrogens is 3. The van der Waals surface area contributed by atoms with Gasteiger partial charge in [0.25, 0.3) is 0 Å². The summed E-state index contributed by atoms with van der Waals surface area (Å²) in [6, 6.07) is 13.8. The number of nitrogens with zero attached hydrogens (tertiary/aromatic N) is 3. The van der Waals surface area contributed by atoms with Gasteiger partial charge in [0.2, 0.25) is 5.91 Å². The highest BCUT2D eigenvalue weighted by Gasteiger charge is 2.15. The van der Waals surface area contributed by atoms with E-state index in [1.54, 1.807) is 28.8 Å². The number of thioether (sulfide) groups is 1. The lowest BCUT2D eigenvalue weighted by Gasteiger charge is -2.10. The summed E-state index contributed by atoms with van der Waals surface area (Å²) in [5.74, 6) is 0.266. The van der Waals surface area contributed by atoms with Gasteiger partial charge in [0.05, 0.1) is 5.75 Å². The fourth-order valence-electron chi connectivity index (χ4n) is 2.60. The van der Waals surface area contributed by atoms with Crippen LogP contribution in [0.4, 0.5) is 10.1 Å². The summed E-state index contributed by atoms with van der Waals surface area (Å²) in [6.45, 7) is 6.21. The maximum Gasteiger partial charge on any atom is 0.234 e. The minimum Gasteiger partial charge on any atom is -0.483 e. The molecule has 0 saturated heterocycles. The Kier molecular flexibility index (Phi) is 7.02. The van der Waals surface area contributed by atoms with E-state index < -0.39 is 5.82 Å². The number of hydrogen-bond donors (Lipinski definition) is 1. The Labute approximate surface area is 172 Å². The molecule has 150 valence electrons. The monoisotopic (exact) mass is 412 g/mol. The van der Waals surface area contributed by atoms with Crippen molar-refractivity contribution in [2.45, 2.75) is 25.2 Å². The average Bonchev–Trinajstić information content (AvgIpc) is 3.08. The first-order valence-electron chi connectivity index (χ1n) is 8.96. The van der Waals surface area contributed by atoms with Crippen LogP contribution in [0.15, 0.2) is 66.3 Å². The van der Waals surface area contributed by atoms with Crippen molar-refractivity contribution >= 4 is 23.4 Å². The summed E-state index contributed by atoms with van der Waals surface area (Å²) in [5.41, 5.74) is 1.82. The van der Waals surface area contributed by atoms with E-state index in [-0.39, 0.29) is 24.0 Å². The van der Waals surface area contributed by atoms with E-state index in [2.05, 4.69) is 22.1 Å². The van der Waals surface area contributed by atoms with Crippen LogP contribution in [0, 0.1) is 12.7 Å². The lowest BCUT2D eigenvalue weighted by Crippen LogP contribution is -2.15. The van der Waals surface area contributed by atoms with Crippen LogP contribution in [-0.4, -0.2) is 26.4 Å². The van der Waals surface area contributed by atoms with E-state index >= 15 is 0 Å². The highest BCUT2D eigenvalue weighted by Crippen LogP contribution is 2.21. The van der Waals surface area contributed by atoms with Crippen molar-refractivity contribution in [2.75, 3.05) is 11.1 Å². The van der Waals surface area contributed by atoms with E-state index in [0.717, 1.165) is 11.3 Å². The van der Waals surface area contributed by atoms with Gasteiger partial charge in [-0.3, -0.25) is 9.36 Å². The number of hydrogen-bond acceptors (Lipinski definition) is 5. The van der Waals surface area contributed by atoms with Gasteiger partial charge in [-0.15, -0.1) is 16.8 Å². The second-order valence-corrected chi connectivity index (χ2v) is 7.17. The first-order chi connectivity index (χ1) is 14.1. The van der Waals surface area contributed by atoms with Gasteiger partial charge < -0.3 is 10.1 Å². The lowest BCUT2D eigenvalue weighted by atomic mass is 10.2. The standard InChI is InChI=1S/C21H21FN4O2S/c1-3-11-26-19(13-28-18-10-5-4-9-17(18)22)24-25-21(26)29-14-20(27)23-16-8-6-7-15(2)12-16/h3-10,12H,1,11,13-14H2,2H3,(H,23,27). The average molecular weight is 412 g/mol. The van der Waals surface area contributed by atoms with Gasteiger partial charge in [-0.1, -0.05) is 42.1 Å². The lowest BCUT2D eigenvalue weighted by molar-refractivity contribution is -0.113. The van der Waals surface area contributed by atoms with Gasteiger partial charge in [0.15, 0.2) is 22.5 Å². The number of anilines is 1. The Balaban J connectivity index is 1.62. The summed E-state index contributed by atoms with van der Waals surface area (Å²) < 4.78 is 21.0. The van der Waals surface area contributed by atoms with Gasteiger partial charge in [-0.05, 0) is 36.8 Å². The van der Waals surface area contributed by atoms with Crippen LogP contribution in [0.1, 0.15) is 11.4 Å². The SMILES string of the molecule is C=CCn1c(COc2ccccc2F)nnc1SCC(=O)Nc1cccc(C)c1. The smallest absolute Gasteiger partial charge is 0.234 e. The number of aryl methyl sites for hydroxylation is 1. The van der Waals surface area contributed by atoms with Crippen molar-refractivity contribution in [1.29, 1.82) is 0 Å². The zero-order chi connectivity index (χ0) is 20.6. The Morgan fingerprint density at radius 3 is 2.86 bits per heavy atom. The third kappa shape index (κ3) is 5.68. The molecule has 0 bridgehead atoms. The molecule has 3 rings (SSSR count). The normalized spacial score (nSPS) is 10.6. The second kappa shape index (κ2) is 9.88. The third-order valence-electron chi connectivity index (χ3n) is 3.93. The van der Waals surface area contributed by atoms with E-state index in [9.17, 15) is 9.18 Å². The third-order valence-corrected chi connectivity index (χ3v) is 4.90. The molecule has 29 heavy (non-hydrogen) atoms. The van der Waals surface area contributed by atoms with Crippen LogP contribution in [0.5, 0.6) is 5.75 Å². The molecule has 0 saturated carbocycles. The number of nitrogens with one attached hydrogen (secondary N) is 1. The number of ether oxygens (including phenoxy) is 1. The van der Waals surface area contributed by atoms with Crippen LogP contribution in [0.2, 0.25) is 0 Å². The first kappa shape index (κ1) is 20.6. The second-order valence-electron chi connectivity index (χ2n) is 6.22. The zero-order valence-corrected chi connectivity index (χ0v) is 16.8. The first-order valence-corrected chi connectivity index (χ1v) is 9.95. The summed E-state index contributed by atoms with van der Waals surface area (Å²) in [4.78, 5) is 12.2. The largest absolute Gasteiger partial charge is 0.483 e. The summed E-state index contributed by atoms with van der Waals surface area (Å²) in [7, 11) is 0. The van der Waals surface area contributed by atoms with Crippen molar-refractivity contribution < 1.29 is 13.9 Å². The Morgan fingerprint density at radius 1 is 1.28 bits per heavy atom. The summed E-state index contributed by atoms with van der Waals surface area (Å²) in [5, 5.41) is 11.7. The molecule has 0 radical (unpaired) electrons. The van der Waals surface area contributed by atoms with Crippen molar-refractivity contribution in [1.82, 2.24) is 14.8 Å². The predicted molar refractivity (Wildman–Crippen MR) is 111 cm³/mol. The Hall–Kier alpha value is -3.13. The van der Waals surface area contributed by atoms with Gasteiger partial charge in [-0.25, -0.2) is 4.39 Å². The zero-order valence-electron chi connectivity index (χ0n) is 16.0. The topological polar surface area (TPSA) is 69.0 Å². The van der Waals surface area contributed by atoms with Gasteiger partial charge in [-0.2, -0.15) is 0 Å². The van der Waals surface area contributed by atoms with Crippen LogP contribution in [-0.2, 0) is 17.9 Å². The maximum atomic E-state index is 13.7. The number of carbonyl (C=O) groups is 1. The fraction of sp³-hybridized carbons (Fsp3) is 0.190. The highest BCUT2D eigenvalue weighted by molar-refractivity contribution is 7.99. The number of allylic oxidation sites excluding steroid dienone is 1. The molecule has 3 aromatic rings. The molecule has 2 aromatic carbocycles. The predicted octanol–water partition coefficient (Wildman–Crippen LogP) is 4.22. The number of benzene rings is 2. The Morgan fingerprint density at radius 2 is 2.10 bits per heavy atom. The minimum atomic E-state index is -0.440. The summed E-state index contributed by atoms with van der Waals surface area (Å²) >= 11 is 1.26. The van der Waals surface area contributed by atoms with E-state index in [4.69, 9.17) is 4.74 Å². The van der Waals surface area contributed by atoms with Gasteiger partial charge >= 0.3 is 0 Å². The van der Waals surface area contributed by atoms with E-state index in [1.165, 1.54) is 17.8 Å². The Bertz CT molecular complexity index is 1010. The summed E-state index contributed by atoms with van der Waals surface area (Å²) in [6.07, 6.45) is 1.70. The molecule has 0 fully saturated rings. The molecule has 0 aliphatic rings. The molecular weight excluding hydrogens is 391 g/mol. The quantitative estimate of drug-likeness (QED) is 0.421. The molecule has 0 atom stereocenters. The van der Waals surface area contributed by atoms with Crippen molar-refractivity contribution in [3.63, 3.8) is 0 Å². The fourth-order valence-corrected chi connectivity index (χ4v) is 3.37. The minimum absolute atomic E-state index is 0.0534. The molecule has 6 nitrogen and oxygen atoms in total. The van der Waals surface area contributed by atoms with Gasteiger partial charge in [0.1, 0.15) is 6.61 Å². The molecule has 1 heterocycles. The molecule has 0 aliphatic heterocycles. The molecule has 1 amide bonds. The molecule has 0 unspecified atom stereocenters. The number of para-hydroxylation sites is 1. The van der Waals surface area contributed by atoms with Crippen molar-refractivity contribution in [3.05, 3.63) is 78.4 Å².